The smallest absolute Gasteiger partial charge is 0.0693 e. The van der Waals surface area contributed by atoms with Crippen LogP contribution in [0.25, 0.3) is 21.5 Å². The molecule has 4 aromatic carbocycles. The summed E-state index contributed by atoms with van der Waals surface area (Å²) in [5, 5.41) is 14.6. The van der Waals surface area contributed by atoms with Gasteiger partial charge in [-0.3, -0.25) is 0 Å². The van der Waals surface area contributed by atoms with Crippen molar-refractivity contribution in [2.75, 3.05) is 0 Å². The summed E-state index contributed by atoms with van der Waals surface area (Å²) >= 11 is 1.80. The maximum atomic E-state index is 9.97. The molecule has 0 radical (unpaired) electrons. The van der Waals surface area contributed by atoms with Crippen LogP contribution in [0.5, 0.6) is 0 Å². The lowest BCUT2D eigenvalue weighted by Crippen LogP contribution is -1.92. The van der Waals surface area contributed by atoms with E-state index in [4.69, 9.17) is 0 Å². The van der Waals surface area contributed by atoms with Gasteiger partial charge in [0.15, 0.2) is 0 Å². The fraction of sp³-hybridized carbons (Fsp3) is 0.130. The SMILES string of the molecule is CCc1ccc(Sc2c3ccccc3c(CO)c3ccccc23)cc1. The van der Waals surface area contributed by atoms with E-state index in [1.54, 1.807) is 11.8 Å². The first-order chi connectivity index (χ1) is 12.3. The quantitative estimate of drug-likeness (QED) is 0.445. The largest absolute Gasteiger partial charge is 0.392 e. The van der Waals surface area contributed by atoms with Crippen LogP contribution in [0.2, 0.25) is 0 Å². The number of fused-ring (bicyclic) bond motifs is 2. The second kappa shape index (κ2) is 6.91. The third-order valence-corrected chi connectivity index (χ3v) is 5.86. The number of aliphatic hydroxyl groups excluding tert-OH is 1. The van der Waals surface area contributed by atoms with Crippen LogP contribution in [0.4, 0.5) is 0 Å². The van der Waals surface area contributed by atoms with Gasteiger partial charge in [0.2, 0.25) is 0 Å². The van der Waals surface area contributed by atoms with Crippen molar-refractivity contribution in [1.29, 1.82) is 0 Å². The molecule has 124 valence electrons. The molecule has 4 rings (SSSR count). The van der Waals surface area contributed by atoms with Gasteiger partial charge in [0.1, 0.15) is 0 Å². The van der Waals surface area contributed by atoms with Gasteiger partial charge in [-0.15, -0.1) is 0 Å². The number of rotatable bonds is 4. The molecule has 0 atom stereocenters. The van der Waals surface area contributed by atoms with Crippen molar-refractivity contribution in [3.8, 4) is 0 Å². The van der Waals surface area contributed by atoms with Gasteiger partial charge in [-0.05, 0) is 51.2 Å². The first-order valence-corrected chi connectivity index (χ1v) is 9.43. The lowest BCUT2D eigenvalue weighted by Gasteiger charge is -2.15. The Balaban J connectivity index is 1.97. The Hall–Kier alpha value is -2.29. The molecule has 0 aliphatic heterocycles. The van der Waals surface area contributed by atoms with Gasteiger partial charge in [-0.25, -0.2) is 0 Å². The van der Waals surface area contributed by atoms with E-state index in [-0.39, 0.29) is 6.61 Å². The second-order valence-corrected chi connectivity index (χ2v) is 7.24. The highest BCUT2D eigenvalue weighted by Gasteiger charge is 2.13. The summed E-state index contributed by atoms with van der Waals surface area (Å²) in [6.45, 7) is 2.23. The minimum absolute atomic E-state index is 0.0527. The van der Waals surface area contributed by atoms with Crippen molar-refractivity contribution in [3.63, 3.8) is 0 Å². The topological polar surface area (TPSA) is 20.2 Å². The third-order valence-electron chi connectivity index (χ3n) is 4.70. The van der Waals surface area contributed by atoms with E-state index in [0.29, 0.717) is 0 Å². The third kappa shape index (κ3) is 2.92. The molecule has 0 aliphatic carbocycles. The van der Waals surface area contributed by atoms with Crippen molar-refractivity contribution in [2.24, 2.45) is 0 Å². The van der Waals surface area contributed by atoms with Gasteiger partial charge in [-0.1, -0.05) is 79.3 Å². The molecule has 2 heteroatoms. The van der Waals surface area contributed by atoms with Crippen LogP contribution in [-0.2, 0) is 13.0 Å². The van der Waals surface area contributed by atoms with Crippen molar-refractivity contribution in [3.05, 3.63) is 83.9 Å². The van der Waals surface area contributed by atoms with Gasteiger partial charge in [0.05, 0.1) is 6.61 Å². The molecule has 1 nitrogen and oxygen atoms in total. The summed E-state index contributed by atoms with van der Waals surface area (Å²) in [5.74, 6) is 0. The van der Waals surface area contributed by atoms with E-state index in [1.807, 2.05) is 12.1 Å². The van der Waals surface area contributed by atoms with Crippen LogP contribution in [0, 0.1) is 0 Å². The Labute approximate surface area is 152 Å². The summed E-state index contributed by atoms with van der Waals surface area (Å²) in [4.78, 5) is 2.50. The van der Waals surface area contributed by atoms with E-state index in [0.717, 1.165) is 22.8 Å². The summed E-state index contributed by atoms with van der Waals surface area (Å²) in [7, 11) is 0. The normalized spacial score (nSPS) is 11.3. The van der Waals surface area contributed by atoms with E-state index >= 15 is 0 Å². The van der Waals surface area contributed by atoms with Gasteiger partial charge in [0.25, 0.3) is 0 Å². The number of hydrogen-bond donors (Lipinski definition) is 1. The van der Waals surface area contributed by atoms with E-state index in [2.05, 4.69) is 67.6 Å². The highest BCUT2D eigenvalue weighted by atomic mass is 32.2. The van der Waals surface area contributed by atoms with Crippen LogP contribution < -0.4 is 0 Å². The Morgan fingerprint density at radius 3 is 1.72 bits per heavy atom. The lowest BCUT2D eigenvalue weighted by atomic mass is 9.97. The van der Waals surface area contributed by atoms with Crippen LogP contribution in [0.15, 0.2) is 82.6 Å². The second-order valence-electron chi connectivity index (χ2n) is 6.16. The van der Waals surface area contributed by atoms with Gasteiger partial charge < -0.3 is 5.11 Å². The zero-order valence-electron chi connectivity index (χ0n) is 14.2. The summed E-state index contributed by atoms with van der Waals surface area (Å²) in [5.41, 5.74) is 2.37. The van der Waals surface area contributed by atoms with Crippen molar-refractivity contribution in [1.82, 2.24) is 0 Å². The first-order valence-electron chi connectivity index (χ1n) is 8.61. The minimum atomic E-state index is 0.0527. The minimum Gasteiger partial charge on any atom is -0.392 e. The first kappa shape index (κ1) is 16.2. The van der Waals surface area contributed by atoms with Crippen molar-refractivity contribution in [2.45, 2.75) is 29.7 Å². The summed E-state index contributed by atoms with van der Waals surface area (Å²) in [6, 6.07) is 25.6. The molecule has 0 fully saturated rings. The van der Waals surface area contributed by atoms with E-state index < -0.39 is 0 Å². The predicted octanol–water partition coefficient (Wildman–Crippen LogP) is 6.20. The van der Waals surface area contributed by atoms with Gasteiger partial charge in [0, 0.05) is 9.79 Å². The number of aryl methyl sites for hydroxylation is 1. The molecule has 0 amide bonds. The van der Waals surface area contributed by atoms with Crippen molar-refractivity contribution < 1.29 is 5.11 Å². The molecule has 1 N–H and O–H groups in total. The average Bonchev–Trinajstić information content (AvgIpc) is 2.68. The number of aliphatic hydroxyl groups is 1. The molecule has 0 saturated heterocycles. The lowest BCUT2D eigenvalue weighted by molar-refractivity contribution is 0.285. The Morgan fingerprint density at radius 1 is 0.720 bits per heavy atom. The Bertz CT molecular complexity index is 978. The molecular weight excluding hydrogens is 324 g/mol. The fourth-order valence-electron chi connectivity index (χ4n) is 3.37. The predicted molar refractivity (Wildman–Crippen MR) is 107 cm³/mol. The standard InChI is InChI=1S/C23H20OS/c1-2-16-11-13-17(14-12-16)25-23-20-9-5-3-7-18(20)22(15-24)19-8-4-6-10-21(19)23/h3-14,24H,2,15H2,1H3. The average molecular weight is 344 g/mol. The maximum absolute atomic E-state index is 9.97. The zero-order valence-corrected chi connectivity index (χ0v) is 15.0. The molecular formula is C23H20OS. The Kier molecular flexibility index (Phi) is 4.48. The van der Waals surface area contributed by atoms with E-state index in [1.165, 1.54) is 26.1 Å². The molecule has 0 unspecified atom stereocenters. The van der Waals surface area contributed by atoms with Gasteiger partial charge in [-0.2, -0.15) is 0 Å². The summed E-state index contributed by atoms with van der Waals surface area (Å²) < 4.78 is 0. The van der Waals surface area contributed by atoms with Crippen molar-refractivity contribution >= 4 is 33.3 Å². The number of benzene rings is 4. The fourth-order valence-corrected chi connectivity index (χ4v) is 4.45. The molecule has 0 spiro atoms. The van der Waals surface area contributed by atoms with Gasteiger partial charge >= 0.3 is 0 Å². The summed E-state index contributed by atoms with van der Waals surface area (Å²) in [6.07, 6.45) is 1.06. The van der Waals surface area contributed by atoms with Crippen LogP contribution >= 0.6 is 11.8 Å². The Morgan fingerprint density at radius 2 is 1.24 bits per heavy atom. The zero-order chi connectivity index (χ0) is 17.2. The monoisotopic (exact) mass is 344 g/mol. The highest BCUT2D eigenvalue weighted by Crippen LogP contribution is 2.41. The molecule has 4 aromatic rings. The number of hydrogen-bond acceptors (Lipinski definition) is 2. The van der Waals surface area contributed by atoms with Crippen LogP contribution in [0.1, 0.15) is 18.1 Å². The highest BCUT2D eigenvalue weighted by molar-refractivity contribution is 7.99. The molecule has 0 aliphatic rings. The van der Waals surface area contributed by atoms with E-state index in [9.17, 15) is 5.11 Å². The molecule has 0 bridgehead atoms. The molecule has 25 heavy (non-hydrogen) atoms. The molecule has 0 heterocycles. The molecule has 0 aromatic heterocycles. The maximum Gasteiger partial charge on any atom is 0.0693 e. The molecule has 0 saturated carbocycles. The van der Waals surface area contributed by atoms with Crippen LogP contribution in [0.3, 0.4) is 0 Å². The van der Waals surface area contributed by atoms with Crippen LogP contribution in [-0.4, -0.2) is 5.11 Å².